The first-order valence-corrected chi connectivity index (χ1v) is 12.0. The molecule has 1 amide bonds. The zero-order valence-corrected chi connectivity index (χ0v) is 20.1. The fourth-order valence-corrected chi connectivity index (χ4v) is 4.66. The van der Waals surface area contributed by atoms with Gasteiger partial charge in [-0.15, -0.1) is 0 Å². The Balaban J connectivity index is 1.38. The number of aromatic nitrogens is 3. The third-order valence-corrected chi connectivity index (χ3v) is 6.49. The molecule has 9 nitrogen and oxygen atoms in total. The number of fused-ring (bicyclic) bond motifs is 1. The minimum absolute atomic E-state index is 0.0675. The van der Waals surface area contributed by atoms with Crippen molar-refractivity contribution in [1.82, 2.24) is 19.9 Å². The van der Waals surface area contributed by atoms with Gasteiger partial charge in [0.2, 0.25) is 0 Å². The molecule has 0 aliphatic carbocycles. The molecule has 2 aliphatic heterocycles. The molecule has 190 valence electrons. The number of benzene rings is 1. The Kier molecular flexibility index (Phi) is 7.40. The quantitative estimate of drug-likeness (QED) is 0.532. The number of alkyl halides is 2. The summed E-state index contributed by atoms with van der Waals surface area (Å²) in [5.74, 6) is -0.706. The molecule has 2 aliphatic rings. The second kappa shape index (κ2) is 10.9. The van der Waals surface area contributed by atoms with Gasteiger partial charge in [0.25, 0.3) is 5.91 Å². The Morgan fingerprint density at radius 2 is 1.94 bits per heavy atom. The molecule has 0 spiro atoms. The van der Waals surface area contributed by atoms with E-state index in [0.717, 1.165) is 29.2 Å². The predicted molar refractivity (Wildman–Crippen MR) is 132 cm³/mol. The van der Waals surface area contributed by atoms with Gasteiger partial charge in [-0.1, -0.05) is 17.7 Å². The van der Waals surface area contributed by atoms with Crippen LogP contribution in [0.3, 0.4) is 0 Å². The van der Waals surface area contributed by atoms with Gasteiger partial charge < -0.3 is 24.6 Å². The maximum Gasteiger partial charge on any atom is 0.315 e. The third-order valence-electron chi connectivity index (χ3n) is 6.19. The van der Waals surface area contributed by atoms with Crippen LogP contribution in [0.25, 0.3) is 22.3 Å². The maximum absolute atomic E-state index is 12.8. The summed E-state index contributed by atoms with van der Waals surface area (Å²) in [6.07, 6.45) is -0.331. The molecule has 2 fully saturated rings. The fourth-order valence-electron chi connectivity index (χ4n) is 4.36. The zero-order valence-electron chi connectivity index (χ0n) is 19.4. The number of nitrogens with zero attached hydrogens (tertiary/aromatic N) is 5. The van der Waals surface area contributed by atoms with E-state index in [9.17, 15) is 13.6 Å². The number of halogens is 3. The van der Waals surface area contributed by atoms with Crippen molar-refractivity contribution in [3.05, 3.63) is 41.7 Å². The number of carbonyl (C=O) groups is 1. The highest BCUT2D eigenvalue weighted by atomic mass is 35.5. The standard InChI is InChI=1S/C24H25ClF2N6O3/c25-17-11-15(1-2-20(17)32-5-8-35-9-6-32)18-12-19-21(29-4-3-28-19)23(31-18)30-13-16-14-33(7-10-36-16)24(34)22(26)27/h1-4,11-12,16,22H,5-10,13-14H2,(H,30,31). The summed E-state index contributed by atoms with van der Waals surface area (Å²) in [6, 6.07) is 7.65. The summed E-state index contributed by atoms with van der Waals surface area (Å²) in [6.45, 7) is 3.54. The number of anilines is 2. The molecule has 4 heterocycles. The smallest absolute Gasteiger partial charge is 0.315 e. The molecular weight excluding hydrogens is 494 g/mol. The normalized spacial score (nSPS) is 18.6. The van der Waals surface area contributed by atoms with Crippen molar-refractivity contribution in [3.8, 4) is 11.3 Å². The van der Waals surface area contributed by atoms with Crippen LogP contribution in [-0.2, 0) is 14.3 Å². The van der Waals surface area contributed by atoms with Crippen molar-refractivity contribution < 1.29 is 23.0 Å². The van der Waals surface area contributed by atoms with Gasteiger partial charge in [0.05, 0.1) is 47.8 Å². The van der Waals surface area contributed by atoms with Gasteiger partial charge in [-0.05, 0) is 18.2 Å². The third kappa shape index (κ3) is 5.32. The van der Waals surface area contributed by atoms with Gasteiger partial charge in [0.15, 0.2) is 5.82 Å². The van der Waals surface area contributed by atoms with Gasteiger partial charge in [-0.25, -0.2) is 9.97 Å². The highest BCUT2D eigenvalue weighted by Crippen LogP contribution is 2.33. The fraction of sp³-hybridized carbons (Fsp3) is 0.417. The van der Waals surface area contributed by atoms with E-state index in [1.54, 1.807) is 12.4 Å². The second-order valence-corrected chi connectivity index (χ2v) is 8.91. The molecule has 3 aromatic rings. The van der Waals surface area contributed by atoms with Gasteiger partial charge in [-0.2, -0.15) is 8.78 Å². The van der Waals surface area contributed by atoms with Crippen LogP contribution >= 0.6 is 11.6 Å². The van der Waals surface area contributed by atoms with E-state index in [-0.39, 0.29) is 26.2 Å². The number of hydrogen-bond acceptors (Lipinski definition) is 8. The number of hydrogen-bond donors (Lipinski definition) is 1. The van der Waals surface area contributed by atoms with Gasteiger partial charge in [0, 0.05) is 50.7 Å². The van der Waals surface area contributed by atoms with Gasteiger partial charge >= 0.3 is 6.43 Å². The number of morpholine rings is 2. The molecule has 2 aromatic heterocycles. The number of carbonyl (C=O) groups excluding carboxylic acids is 1. The zero-order chi connectivity index (χ0) is 25.1. The van der Waals surface area contributed by atoms with E-state index in [2.05, 4.69) is 20.2 Å². The highest BCUT2D eigenvalue weighted by molar-refractivity contribution is 6.33. The Bertz CT molecular complexity index is 1240. The van der Waals surface area contributed by atoms with Crippen LogP contribution in [0.15, 0.2) is 36.7 Å². The average molecular weight is 519 g/mol. The number of pyridine rings is 1. The van der Waals surface area contributed by atoms with E-state index >= 15 is 0 Å². The van der Waals surface area contributed by atoms with E-state index in [1.807, 2.05) is 24.3 Å². The Labute approximate surface area is 211 Å². The Hall–Kier alpha value is -3.15. The van der Waals surface area contributed by atoms with Crippen molar-refractivity contribution >= 4 is 40.0 Å². The van der Waals surface area contributed by atoms with Gasteiger partial charge in [-0.3, -0.25) is 9.78 Å². The predicted octanol–water partition coefficient (Wildman–Crippen LogP) is 3.09. The molecule has 0 bridgehead atoms. The van der Waals surface area contributed by atoms with Crippen LogP contribution in [-0.4, -0.2) is 90.8 Å². The lowest BCUT2D eigenvalue weighted by Crippen LogP contribution is -2.49. The van der Waals surface area contributed by atoms with E-state index < -0.39 is 18.4 Å². The first kappa shape index (κ1) is 24.5. The topological polar surface area (TPSA) is 92.7 Å². The molecule has 1 aromatic carbocycles. The largest absolute Gasteiger partial charge is 0.378 e. The second-order valence-electron chi connectivity index (χ2n) is 8.50. The number of rotatable bonds is 6. The van der Waals surface area contributed by atoms with Crippen molar-refractivity contribution in [2.75, 3.05) is 62.8 Å². The number of amides is 1. The molecule has 0 radical (unpaired) electrons. The van der Waals surface area contributed by atoms with Crippen molar-refractivity contribution in [2.24, 2.45) is 0 Å². The summed E-state index contributed by atoms with van der Waals surface area (Å²) < 4.78 is 36.8. The van der Waals surface area contributed by atoms with Crippen LogP contribution in [0.2, 0.25) is 5.02 Å². The molecular formula is C24H25ClF2N6O3. The summed E-state index contributed by atoms with van der Waals surface area (Å²) in [7, 11) is 0. The number of ether oxygens (including phenoxy) is 2. The molecule has 1 atom stereocenters. The Morgan fingerprint density at radius 1 is 1.14 bits per heavy atom. The first-order valence-electron chi connectivity index (χ1n) is 11.7. The molecule has 5 rings (SSSR count). The first-order chi connectivity index (χ1) is 17.5. The maximum atomic E-state index is 12.8. The molecule has 0 saturated carbocycles. The van der Waals surface area contributed by atoms with Crippen LogP contribution in [0.1, 0.15) is 0 Å². The van der Waals surface area contributed by atoms with Crippen LogP contribution in [0, 0.1) is 0 Å². The summed E-state index contributed by atoms with van der Waals surface area (Å²) >= 11 is 6.64. The van der Waals surface area contributed by atoms with Crippen LogP contribution in [0.4, 0.5) is 20.3 Å². The lowest BCUT2D eigenvalue weighted by atomic mass is 10.1. The average Bonchev–Trinajstić information content (AvgIpc) is 2.91. The number of nitrogens with one attached hydrogen (secondary N) is 1. The van der Waals surface area contributed by atoms with E-state index in [0.29, 0.717) is 40.8 Å². The van der Waals surface area contributed by atoms with Crippen molar-refractivity contribution in [3.63, 3.8) is 0 Å². The molecule has 12 heteroatoms. The van der Waals surface area contributed by atoms with E-state index in [1.165, 1.54) is 0 Å². The minimum atomic E-state index is -3.03. The van der Waals surface area contributed by atoms with Crippen molar-refractivity contribution in [2.45, 2.75) is 12.5 Å². The molecule has 2 saturated heterocycles. The molecule has 36 heavy (non-hydrogen) atoms. The summed E-state index contributed by atoms with van der Waals surface area (Å²) in [5.41, 5.74) is 3.61. The lowest BCUT2D eigenvalue weighted by molar-refractivity contribution is -0.149. The van der Waals surface area contributed by atoms with E-state index in [4.69, 9.17) is 26.1 Å². The summed E-state index contributed by atoms with van der Waals surface area (Å²) in [4.78, 5) is 28.6. The molecule has 1 unspecified atom stereocenters. The van der Waals surface area contributed by atoms with Gasteiger partial charge in [0.1, 0.15) is 5.52 Å². The minimum Gasteiger partial charge on any atom is -0.378 e. The van der Waals surface area contributed by atoms with Crippen LogP contribution in [0.5, 0.6) is 0 Å². The van der Waals surface area contributed by atoms with Crippen molar-refractivity contribution in [1.29, 1.82) is 0 Å². The van der Waals surface area contributed by atoms with Crippen LogP contribution < -0.4 is 10.2 Å². The molecule has 1 N–H and O–H groups in total. The SMILES string of the molecule is O=C(C(F)F)N1CCOC(CNc2nc(-c3ccc(N4CCOCC4)c(Cl)c3)cc3nccnc23)C1. The Morgan fingerprint density at radius 3 is 2.72 bits per heavy atom. The monoisotopic (exact) mass is 518 g/mol. The summed E-state index contributed by atoms with van der Waals surface area (Å²) in [5, 5.41) is 3.83. The highest BCUT2D eigenvalue weighted by Gasteiger charge is 2.29. The lowest BCUT2D eigenvalue weighted by Gasteiger charge is -2.33.